The largest absolute Gasteiger partial charge is 0.378 e. The molecule has 0 fully saturated rings. The first kappa shape index (κ1) is 11.8. The lowest BCUT2D eigenvalue weighted by atomic mass is 10.1. The second-order valence-electron chi connectivity index (χ2n) is 4.50. The van der Waals surface area contributed by atoms with Crippen molar-refractivity contribution >= 4 is 11.3 Å². The highest BCUT2D eigenvalue weighted by atomic mass is 32.1. The number of H-pyrrole nitrogens is 1. The van der Waals surface area contributed by atoms with Crippen LogP contribution in [0.1, 0.15) is 22.0 Å². The van der Waals surface area contributed by atoms with E-state index in [1.165, 1.54) is 11.3 Å². The van der Waals surface area contributed by atoms with Gasteiger partial charge in [-0.25, -0.2) is 4.98 Å². The minimum Gasteiger partial charge on any atom is -0.378 e. The van der Waals surface area contributed by atoms with Crippen LogP contribution in [0, 0.1) is 0 Å². The number of fused-ring (bicyclic) bond motifs is 1. The second-order valence-corrected chi connectivity index (χ2v) is 5.44. The molecular formula is C12H16N4OS. The van der Waals surface area contributed by atoms with E-state index in [9.17, 15) is 0 Å². The summed E-state index contributed by atoms with van der Waals surface area (Å²) in [6.07, 6.45) is 2.98. The average molecular weight is 264 g/mol. The van der Waals surface area contributed by atoms with Crippen molar-refractivity contribution in [1.82, 2.24) is 20.1 Å². The lowest BCUT2D eigenvalue weighted by molar-refractivity contribution is 0.184. The molecule has 0 aromatic carbocycles. The first-order chi connectivity index (χ1) is 8.85. The summed E-state index contributed by atoms with van der Waals surface area (Å²) in [4.78, 5) is 6.97. The summed E-state index contributed by atoms with van der Waals surface area (Å²) in [6.45, 7) is 3.54. The molecule has 3 heterocycles. The first-order valence-corrected chi connectivity index (χ1v) is 6.89. The van der Waals surface area contributed by atoms with Crippen LogP contribution < -0.4 is 0 Å². The van der Waals surface area contributed by atoms with E-state index in [4.69, 9.17) is 4.74 Å². The van der Waals surface area contributed by atoms with E-state index in [1.54, 1.807) is 18.4 Å². The van der Waals surface area contributed by atoms with Gasteiger partial charge in [-0.2, -0.15) is 5.10 Å². The molecule has 0 spiro atoms. The third-order valence-electron chi connectivity index (χ3n) is 3.13. The Hall–Kier alpha value is -1.24. The Morgan fingerprint density at radius 1 is 1.56 bits per heavy atom. The summed E-state index contributed by atoms with van der Waals surface area (Å²) in [6, 6.07) is 0. The number of aromatic nitrogens is 3. The van der Waals surface area contributed by atoms with Crippen molar-refractivity contribution in [3.63, 3.8) is 0 Å². The summed E-state index contributed by atoms with van der Waals surface area (Å²) < 4.78 is 5.09. The molecule has 0 bridgehead atoms. The van der Waals surface area contributed by atoms with Crippen LogP contribution >= 0.6 is 11.3 Å². The molecule has 2 aromatic heterocycles. The van der Waals surface area contributed by atoms with E-state index in [0.29, 0.717) is 6.61 Å². The Morgan fingerprint density at radius 3 is 3.39 bits per heavy atom. The summed E-state index contributed by atoms with van der Waals surface area (Å²) in [5, 5.41) is 10.3. The quantitative estimate of drug-likeness (QED) is 0.910. The van der Waals surface area contributed by atoms with Gasteiger partial charge in [0.25, 0.3) is 0 Å². The number of thiazole rings is 1. The lowest BCUT2D eigenvalue weighted by Gasteiger charge is -2.25. The molecule has 0 aliphatic carbocycles. The maximum absolute atomic E-state index is 5.09. The van der Waals surface area contributed by atoms with E-state index in [0.717, 1.165) is 36.8 Å². The van der Waals surface area contributed by atoms with Gasteiger partial charge in [0.05, 0.1) is 18.5 Å². The smallest absolute Gasteiger partial charge is 0.119 e. The van der Waals surface area contributed by atoms with Gasteiger partial charge in [-0.1, -0.05) is 0 Å². The van der Waals surface area contributed by atoms with E-state index in [-0.39, 0.29) is 0 Å². The van der Waals surface area contributed by atoms with Crippen molar-refractivity contribution in [3.8, 4) is 0 Å². The zero-order valence-electron chi connectivity index (χ0n) is 10.3. The van der Waals surface area contributed by atoms with Crippen molar-refractivity contribution in [2.75, 3.05) is 13.7 Å². The average Bonchev–Trinajstić information content (AvgIpc) is 2.98. The van der Waals surface area contributed by atoms with Crippen molar-refractivity contribution in [1.29, 1.82) is 0 Å². The number of hydrogen-bond donors (Lipinski definition) is 1. The van der Waals surface area contributed by atoms with Crippen LogP contribution in [0.4, 0.5) is 0 Å². The van der Waals surface area contributed by atoms with E-state index >= 15 is 0 Å². The second kappa shape index (κ2) is 5.17. The maximum Gasteiger partial charge on any atom is 0.119 e. The molecule has 0 amide bonds. The van der Waals surface area contributed by atoms with Crippen molar-refractivity contribution < 1.29 is 4.74 Å². The summed E-state index contributed by atoms with van der Waals surface area (Å²) >= 11 is 1.67. The van der Waals surface area contributed by atoms with Gasteiger partial charge in [0, 0.05) is 49.8 Å². The fourth-order valence-corrected chi connectivity index (χ4v) is 3.01. The molecule has 1 aliphatic heterocycles. The Balaban J connectivity index is 1.63. The van der Waals surface area contributed by atoms with Gasteiger partial charge >= 0.3 is 0 Å². The van der Waals surface area contributed by atoms with E-state index in [2.05, 4.69) is 25.5 Å². The fraction of sp³-hybridized carbons (Fsp3) is 0.500. The molecule has 1 aliphatic rings. The fourth-order valence-electron chi connectivity index (χ4n) is 2.26. The molecule has 96 valence electrons. The van der Waals surface area contributed by atoms with Gasteiger partial charge in [-0.3, -0.25) is 10.00 Å². The van der Waals surface area contributed by atoms with Gasteiger partial charge in [0.2, 0.25) is 0 Å². The number of hydrogen-bond acceptors (Lipinski definition) is 5. The summed E-state index contributed by atoms with van der Waals surface area (Å²) in [7, 11) is 1.70. The third-order valence-corrected chi connectivity index (χ3v) is 4.00. The van der Waals surface area contributed by atoms with Crippen LogP contribution in [0.15, 0.2) is 11.6 Å². The molecule has 0 saturated carbocycles. The van der Waals surface area contributed by atoms with Crippen molar-refractivity contribution in [2.24, 2.45) is 0 Å². The molecule has 18 heavy (non-hydrogen) atoms. The Morgan fingerprint density at radius 2 is 2.50 bits per heavy atom. The predicted octanol–water partition coefficient (Wildman–Crippen LogP) is 1.57. The van der Waals surface area contributed by atoms with Crippen LogP contribution in [0.3, 0.4) is 0 Å². The molecule has 6 heteroatoms. The number of nitrogens with one attached hydrogen (secondary N) is 1. The standard InChI is InChI=1S/C12H16N4OS/c1-17-7-12-14-10(8-18-12)6-16-3-2-11-9(5-16)4-13-15-11/h4,8H,2-3,5-7H2,1H3,(H,13,15). The Kier molecular flexibility index (Phi) is 3.40. The molecule has 2 aromatic rings. The molecule has 0 unspecified atom stereocenters. The van der Waals surface area contributed by atoms with E-state index < -0.39 is 0 Å². The Bertz CT molecular complexity index is 522. The van der Waals surface area contributed by atoms with E-state index in [1.807, 2.05) is 6.20 Å². The molecule has 3 rings (SSSR count). The highest BCUT2D eigenvalue weighted by Crippen LogP contribution is 2.19. The number of nitrogens with zero attached hydrogens (tertiary/aromatic N) is 3. The highest BCUT2D eigenvalue weighted by molar-refractivity contribution is 7.09. The van der Waals surface area contributed by atoms with Gasteiger partial charge < -0.3 is 4.74 Å². The maximum atomic E-state index is 5.09. The van der Waals surface area contributed by atoms with Gasteiger partial charge in [0.1, 0.15) is 5.01 Å². The van der Waals surface area contributed by atoms with Gasteiger partial charge in [0.15, 0.2) is 0 Å². The molecule has 1 N–H and O–H groups in total. The Labute approximate surface area is 110 Å². The topological polar surface area (TPSA) is 54.0 Å². The SMILES string of the molecule is COCc1nc(CN2CCc3[nH]ncc3C2)cs1. The van der Waals surface area contributed by atoms with Crippen LogP contribution in [0.5, 0.6) is 0 Å². The molecular weight excluding hydrogens is 248 g/mol. The lowest BCUT2D eigenvalue weighted by Crippen LogP contribution is -2.29. The van der Waals surface area contributed by atoms with Crippen LogP contribution in [-0.2, 0) is 30.9 Å². The third kappa shape index (κ3) is 2.45. The number of rotatable bonds is 4. The normalized spacial score (nSPS) is 15.8. The van der Waals surface area contributed by atoms with Crippen LogP contribution in [0.2, 0.25) is 0 Å². The van der Waals surface area contributed by atoms with Gasteiger partial charge in [-0.15, -0.1) is 11.3 Å². The minimum absolute atomic E-state index is 0.608. The monoisotopic (exact) mass is 264 g/mol. The molecule has 0 atom stereocenters. The number of ether oxygens (including phenoxy) is 1. The van der Waals surface area contributed by atoms with Gasteiger partial charge in [-0.05, 0) is 0 Å². The summed E-state index contributed by atoms with van der Waals surface area (Å²) in [5.74, 6) is 0. The van der Waals surface area contributed by atoms with Crippen LogP contribution in [-0.4, -0.2) is 33.7 Å². The first-order valence-electron chi connectivity index (χ1n) is 6.01. The minimum atomic E-state index is 0.608. The number of methoxy groups -OCH3 is 1. The van der Waals surface area contributed by atoms with Crippen LogP contribution in [0.25, 0.3) is 0 Å². The van der Waals surface area contributed by atoms with Crippen molar-refractivity contribution in [3.05, 3.63) is 33.5 Å². The molecule has 0 saturated heterocycles. The zero-order valence-corrected chi connectivity index (χ0v) is 11.2. The number of aromatic amines is 1. The predicted molar refractivity (Wildman–Crippen MR) is 69.2 cm³/mol. The highest BCUT2D eigenvalue weighted by Gasteiger charge is 2.18. The molecule has 0 radical (unpaired) electrons. The van der Waals surface area contributed by atoms with Crippen molar-refractivity contribution in [2.45, 2.75) is 26.1 Å². The zero-order chi connectivity index (χ0) is 12.4. The molecule has 5 nitrogen and oxygen atoms in total. The summed E-state index contributed by atoms with van der Waals surface area (Å²) in [5.41, 5.74) is 3.73.